The summed E-state index contributed by atoms with van der Waals surface area (Å²) in [5.74, 6) is -0.836. The molecule has 0 radical (unpaired) electrons. The van der Waals surface area contributed by atoms with Crippen LogP contribution in [0, 0.1) is 0 Å². The zero-order valence-electron chi connectivity index (χ0n) is 53.9. The van der Waals surface area contributed by atoms with Crippen LogP contribution in [0.4, 0.5) is 0 Å². The third-order valence-electron chi connectivity index (χ3n) is 16.8. The summed E-state index contributed by atoms with van der Waals surface area (Å²) >= 11 is 0. The summed E-state index contributed by atoms with van der Waals surface area (Å²) in [5.41, 5.74) is 0. The van der Waals surface area contributed by atoms with Gasteiger partial charge in [0.1, 0.15) is 13.2 Å². The molecule has 0 saturated carbocycles. The van der Waals surface area contributed by atoms with Crippen molar-refractivity contribution >= 4 is 17.9 Å². The van der Waals surface area contributed by atoms with Gasteiger partial charge in [-0.3, -0.25) is 14.4 Å². The minimum Gasteiger partial charge on any atom is -0.462 e. The zero-order valence-corrected chi connectivity index (χ0v) is 53.9. The average Bonchev–Trinajstić information content (AvgIpc) is 3.45. The van der Waals surface area contributed by atoms with E-state index in [-0.39, 0.29) is 31.1 Å². The average molecular weight is 1110 g/mol. The van der Waals surface area contributed by atoms with Crippen molar-refractivity contribution in [2.45, 2.75) is 425 Å². The predicted octanol–water partition coefficient (Wildman–Crippen LogP) is 24.8. The molecule has 6 heteroatoms. The molecule has 0 N–H and O–H groups in total. The molecule has 79 heavy (non-hydrogen) atoms. The molecule has 0 saturated heterocycles. The Bertz CT molecular complexity index is 1230. The lowest BCUT2D eigenvalue weighted by atomic mass is 10.0. The summed E-state index contributed by atoms with van der Waals surface area (Å²) in [6.45, 7) is 6.73. The highest BCUT2D eigenvalue weighted by Gasteiger charge is 2.19. The van der Waals surface area contributed by atoms with Crippen LogP contribution in [0.5, 0.6) is 0 Å². The van der Waals surface area contributed by atoms with Crippen LogP contribution in [0.1, 0.15) is 419 Å². The number of esters is 3. The van der Waals surface area contributed by atoms with Crippen molar-refractivity contribution in [3.05, 3.63) is 12.2 Å². The van der Waals surface area contributed by atoms with Gasteiger partial charge in [-0.05, 0) is 44.9 Å². The number of carbonyl (C=O) groups excluding carboxylic acids is 3. The molecule has 0 aromatic heterocycles. The van der Waals surface area contributed by atoms with Gasteiger partial charge in [0.05, 0.1) is 0 Å². The molecule has 0 fully saturated rings. The zero-order chi connectivity index (χ0) is 57.1. The van der Waals surface area contributed by atoms with Crippen LogP contribution in [0.3, 0.4) is 0 Å². The molecule has 0 rings (SSSR count). The lowest BCUT2D eigenvalue weighted by molar-refractivity contribution is -0.167. The summed E-state index contributed by atoms with van der Waals surface area (Å²) in [6.07, 6.45) is 82.4. The number of unbranched alkanes of at least 4 members (excludes halogenated alkanes) is 55. The van der Waals surface area contributed by atoms with Gasteiger partial charge in [-0.25, -0.2) is 0 Å². The number of allylic oxidation sites excluding steroid dienone is 2. The molecular formula is C73H140O6. The SMILES string of the molecule is CCCCCCCCC/C=C\CCCCCCCC(=O)OCC(COC(=O)CCCCCCCCCCCCCCCCCCCCCCCCC)OC(=O)CCCCCCCCCCCCCCCCCCCCCCCC. The van der Waals surface area contributed by atoms with Gasteiger partial charge >= 0.3 is 17.9 Å². The number of carbonyl (C=O) groups is 3. The highest BCUT2D eigenvalue weighted by molar-refractivity contribution is 5.71. The summed E-state index contributed by atoms with van der Waals surface area (Å²) in [5, 5.41) is 0. The molecular weight excluding hydrogens is 973 g/mol. The third-order valence-corrected chi connectivity index (χ3v) is 16.8. The van der Waals surface area contributed by atoms with Gasteiger partial charge in [0.15, 0.2) is 6.10 Å². The van der Waals surface area contributed by atoms with Crippen LogP contribution in [0.2, 0.25) is 0 Å². The smallest absolute Gasteiger partial charge is 0.306 e. The first-order chi connectivity index (χ1) is 39.0. The van der Waals surface area contributed by atoms with Gasteiger partial charge < -0.3 is 14.2 Å². The van der Waals surface area contributed by atoms with E-state index in [0.717, 1.165) is 64.2 Å². The van der Waals surface area contributed by atoms with Crippen LogP contribution < -0.4 is 0 Å². The molecule has 0 heterocycles. The Hall–Kier alpha value is -1.85. The number of rotatable bonds is 68. The van der Waals surface area contributed by atoms with Crippen molar-refractivity contribution < 1.29 is 28.6 Å². The first-order valence-electron chi connectivity index (χ1n) is 36.2. The molecule has 1 unspecified atom stereocenters. The van der Waals surface area contributed by atoms with Gasteiger partial charge in [0.2, 0.25) is 0 Å². The Balaban J connectivity index is 4.26. The molecule has 0 amide bonds. The second-order valence-electron chi connectivity index (χ2n) is 24.9. The van der Waals surface area contributed by atoms with E-state index in [1.807, 2.05) is 0 Å². The second kappa shape index (κ2) is 68.6. The van der Waals surface area contributed by atoms with Crippen molar-refractivity contribution in [1.82, 2.24) is 0 Å². The van der Waals surface area contributed by atoms with Gasteiger partial charge in [0, 0.05) is 19.3 Å². The van der Waals surface area contributed by atoms with Crippen molar-refractivity contribution in [2.75, 3.05) is 13.2 Å². The first-order valence-corrected chi connectivity index (χ1v) is 36.2. The van der Waals surface area contributed by atoms with Crippen LogP contribution in [0.25, 0.3) is 0 Å². The Morgan fingerprint density at radius 2 is 0.418 bits per heavy atom. The highest BCUT2D eigenvalue weighted by Crippen LogP contribution is 2.19. The van der Waals surface area contributed by atoms with E-state index in [4.69, 9.17) is 14.2 Å². The Morgan fingerprint density at radius 1 is 0.241 bits per heavy atom. The lowest BCUT2D eigenvalue weighted by Gasteiger charge is -2.18. The van der Waals surface area contributed by atoms with Crippen molar-refractivity contribution in [2.24, 2.45) is 0 Å². The topological polar surface area (TPSA) is 78.9 Å². The fourth-order valence-electron chi connectivity index (χ4n) is 11.3. The molecule has 0 aliphatic carbocycles. The summed E-state index contributed by atoms with van der Waals surface area (Å²) in [6, 6.07) is 0. The molecule has 1 atom stereocenters. The summed E-state index contributed by atoms with van der Waals surface area (Å²) in [7, 11) is 0. The first kappa shape index (κ1) is 77.2. The van der Waals surface area contributed by atoms with Crippen LogP contribution in [-0.2, 0) is 28.6 Å². The second-order valence-corrected chi connectivity index (χ2v) is 24.9. The Morgan fingerprint density at radius 3 is 0.633 bits per heavy atom. The van der Waals surface area contributed by atoms with E-state index in [1.54, 1.807) is 0 Å². The normalized spacial score (nSPS) is 12.0. The van der Waals surface area contributed by atoms with E-state index in [9.17, 15) is 14.4 Å². The standard InChI is InChI=1S/C73H140O6/c1-4-7-10-13-16-19-22-25-28-31-33-35-37-39-40-42-45-48-51-54-57-60-63-66-72(75)78-69-70(68-77-71(74)65-62-59-56-53-50-47-44-30-27-24-21-18-15-12-9-6-3)79-73(76)67-64-61-58-55-52-49-46-43-41-38-36-34-32-29-26-23-20-17-14-11-8-5-2/h30,44,70H,4-29,31-43,45-69H2,1-3H3/b44-30-. The van der Waals surface area contributed by atoms with E-state index in [2.05, 4.69) is 32.9 Å². The van der Waals surface area contributed by atoms with Crippen molar-refractivity contribution in [3.8, 4) is 0 Å². The monoisotopic (exact) mass is 1110 g/mol. The van der Waals surface area contributed by atoms with Crippen LogP contribution in [0.15, 0.2) is 12.2 Å². The van der Waals surface area contributed by atoms with Crippen molar-refractivity contribution in [3.63, 3.8) is 0 Å². The number of ether oxygens (including phenoxy) is 3. The molecule has 0 aromatic carbocycles. The fraction of sp³-hybridized carbons (Fsp3) is 0.932. The van der Waals surface area contributed by atoms with Crippen molar-refractivity contribution in [1.29, 1.82) is 0 Å². The van der Waals surface area contributed by atoms with Gasteiger partial charge in [-0.1, -0.05) is 367 Å². The minimum atomic E-state index is -0.770. The quantitative estimate of drug-likeness (QED) is 0.0261. The van der Waals surface area contributed by atoms with E-state index in [1.165, 1.54) is 315 Å². The predicted molar refractivity (Wildman–Crippen MR) is 344 cm³/mol. The van der Waals surface area contributed by atoms with Gasteiger partial charge in [-0.15, -0.1) is 0 Å². The number of hydrogen-bond acceptors (Lipinski definition) is 6. The van der Waals surface area contributed by atoms with Crippen LogP contribution in [-0.4, -0.2) is 37.2 Å². The maximum absolute atomic E-state index is 13.0. The summed E-state index contributed by atoms with van der Waals surface area (Å²) in [4.78, 5) is 38.5. The number of hydrogen-bond donors (Lipinski definition) is 0. The Kier molecular flexibility index (Phi) is 67.0. The maximum Gasteiger partial charge on any atom is 0.306 e. The molecule has 0 aliphatic rings. The molecule has 468 valence electrons. The lowest BCUT2D eigenvalue weighted by Crippen LogP contribution is -2.30. The van der Waals surface area contributed by atoms with Crippen LogP contribution >= 0.6 is 0 Å². The maximum atomic E-state index is 13.0. The van der Waals surface area contributed by atoms with E-state index in [0.29, 0.717) is 19.3 Å². The van der Waals surface area contributed by atoms with Gasteiger partial charge in [-0.2, -0.15) is 0 Å². The molecule has 6 nitrogen and oxygen atoms in total. The Labute approximate surface area is 494 Å². The molecule has 0 spiro atoms. The molecule has 0 bridgehead atoms. The highest BCUT2D eigenvalue weighted by atomic mass is 16.6. The molecule has 0 aliphatic heterocycles. The van der Waals surface area contributed by atoms with E-state index < -0.39 is 6.10 Å². The third kappa shape index (κ3) is 66.8. The molecule has 0 aromatic rings. The largest absolute Gasteiger partial charge is 0.462 e. The summed E-state index contributed by atoms with van der Waals surface area (Å²) < 4.78 is 17.0. The minimum absolute atomic E-state index is 0.0654. The fourth-order valence-corrected chi connectivity index (χ4v) is 11.3. The van der Waals surface area contributed by atoms with E-state index >= 15 is 0 Å². The van der Waals surface area contributed by atoms with Gasteiger partial charge in [0.25, 0.3) is 0 Å².